The summed E-state index contributed by atoms with van der Waals surface area (Å²) in [4.78, 5) is 20.5. The first-order valence-electron chi connectivity index (χ1n) is 6.37. The quantitative estimate of drug-likeness (QED) is 0.469. The molecule has 0 aliphatic heterocycles. The molecule has 0 fully saturated rings. The van der Waals surface area contributed by atoms with Crippen LogP contribution in [0.1, 0.15) is 38.5 Å². The summed E-state index contributed by atoms with van der Waals surface area (Å²) < 4.78 is 44.4. The summed E-state index contributed by atoms with van der Waals surface area (Å²) in [5.74, 6) is -3.05. The summed E-state index contributed by atoms with van der Waals surface area (Å²) in [6.45, 7) is 0.423. The third-order valence-electron chi connectivity index (χ3n) is 2.36. The molecule has 8 heteroatoms. The number of ether oxygens (including phenoxy) is 2. The van der Waals surface area contributed by atoms with Gasteiger partial charge in [-0.1, -0.05) is 19.3 Å². The maximum Gasteiger partial charge on any atom is 0.490 e. The van der Waals surface area contributed by atoms with Crippen LogP contribution in [0.5, 0.6) is 0 Å². The third kappa shape index (κ3) is 11.8. The van der Waals surface area contributed by atoms with Crippen LogP contribution < -0.4 is 0 Å². The largest absolute Gasteiger partial charge is 0.490 e. The zero-order valence-corrected chi connectivity index (χ0v) is 11.1. The number of aliphatic carboxylic acids is 1. The maximum atomic E-state index is 11.8. The van der Waals surface area contributed by atoms with Crippen molar-refractivity contribution in [2.24, 2.45) is 0 Å². The van der Waals surface area contributed by atoms with Crippen LogP contribution in [0.15, 0.2) is 0 Å². The Balaban J connectivity index is 3.21. The highest BCUT2D eigenvalue weighted by molar-refractivity contribution is 5.75. The van der Waals surface area contributed by atoms with Crippen LogP contribution >= 0.6 is 0 Å². The summed E-state index contributed by atoms with van der Waals surface area (Å²) in [5.41, 5.74) is 0. The second kappa shape index (κ2) is 10.5. The average Bonchev–Trinajstić information content (AvgIpc) is 2.34. The lowest BCUT2D eigenvalue weighted by Gasteiger charge is -2.07. The van der Waals surface area contributed by atoms with Crippen LogP contribution in [0.2, 0.25) is 0 Å². The first kappa shape index (κ1) is 18.7. The van der Waals surface area contributed by atoms with E-state index in [4.69, 9.17) is 9.84 Å². The number of carbonyl (C=O) groups is 2. The van der Waals surface area contributed by atoms with Gasteiger partial charge in [-0.15, -0.1) is 0 Å². The lowest BCUT2D eigenvalue weighted by Crippen LogP contribution is -2.25. The Kier molecular flexibility index (Phi) is 9.79. The van der Waals surface area contributed by atoms with Gasteiger partial charge in [0, 0.05) is 6.61 Å². The lowest BCUT2D eigenvalue weighted by atomic mass is 10.1. The number of carboxylic acid groups (broad SMARTS) is 1. The minimum atomic E-state index is -4.92. The highest BCUT2D eigenvalue weighted by Crippen LogP contribution is 2.16. The molecule has 0 heterocycles. The fraction of sp³-hybridized carbons (Fsp3) is 0.833. The number of carboxylic acids is 1. The molecule has 5 nitrogen and oxygen atoms in total. The van der Waals surface area contributed by atoms with E-state index < -0.39 is 18.1 Å². The van der Waals surface area contributed by atoms with Crippen molar-refractivity contribution in [2.45, 2.75) is 44.7 Å². The number of hydrogen-bond acceptors (Lipinski definition) is 4. The van der Waals surface area contributed by atoms with E-state index in [1.165, 1.54) is 0 Å². The normalized spacial score (nSPS) is 11.3. The molecule has 0 aromatic rings. The molecule has 0 aliphatic rings. The molecule has 1 N–H and O–H groups in total. The van der Waals surface area contributed by atoms with Gasteiger partial charge in [-0.05, 0) is 12.8 Å². The molecule has 0 aromatic carbocycles. The maximum absolute atomic E-state index is 11.8. The Hall–Kier alpha value is -1.31. The van der Waals surface area contributed by atoms with Gasteiger partial charge in [0.05, 0.1) is 19.6 Å². The van der Waals surface area contributed by atoms with Crippen LogP contribution in [-0.4, -0.2) is 43.0 Å². The second-order valence-corrected chi connectivity index (χ2v) is 4.16. The Morgan fingerprint density at radius 1 is 0.900 bits per heavy atom. The Morgan fingerprint density at radius 3 is 2.00 bits per heavy atom. The molecule has 0 saturated heterocycles. The van der Waals surface area contributed by atoms with E-state index in [9.17, 15) is 22.8 Å². The van der Waals surface area contributed by atoms with Crippen LogP contribution in [0.25, 0.3) is 0 Å². The van der Waals surface area contributed by atoms with Gasteiger partial charge in [0.1, 0.15) is 0 Å². The van der Waals surface area contributed by atoms with Crippen LogP contribution in [-0.2, 0) is 19.1 Å². The molecule has 0 amide bonds. The standard InChI is InChI=1S/C12H19F3O5/c13-12(14,15)11(18)20-8-5-3-1-2-4-7-19-9-6-10(16)17/h1-9H2,(H,16,17). The molecule has 0 rings (SSSR count). The molecule has 0 aliphatic carbocycles. The predicted molar refractivity (Wildman–Crippen MR) is 63.2 cm³/mol. The molecule has 0 spiro atoms. The molecule has 0 saturated carbocycles. The molecule has 20 heavy (non-hydrogen) atoms. The summed E-state index contributed by atoms with van der Waals surface area (Å²) in [5, 5.41) is 8.34. The van der Waals surface area contributed by atoms with Crippen molar-refractivity contribution in [3.05, 3.63) is 0 Å². The van der Waals surface area contributed by atoms with E-state index in [-0.39, 0.29) is 19.6 Å². The third-order valence-corrected chi connectivity index (χ3v) is 2.36. The van der Waals surface area contributed by atoms with Crippen LogP contribution in [0.3, 0.4) is 0 Å². The van der Waals surface area contributed by atoms with Gasteiger partial charge in [-0.25, -0.2) is 4.79 Å². The summed E-state index contributed by atoms with van der Waals surface area (Å²) >= 11 is 0. The summed E-state index contributed by atoms with van der Waals surface area (Å²) in [6.07, 6.45) is -1.49. The molecule has 0 unspecified atom stereocenters. The Morgan fingerprint density at radius 2 is 1.45 bits per heavy atom. The molecular formula is C12H19F3O5. The topological polar surface area (TPSA) is 72.8 Å². The van der Waals surface area contributed by atoms with E-state index in [0.717, 1.165) is 19.3 Å². The Labute approximate surface area is 115 Å². The zero-order chi connectivity index (χ0) is 15.4. The lowest BCUT2D eigenvalue weighted by molar-refractivity contribution is -0.199. The minimum Gasteiger partial charge on any atom is -0.481 e. The van der Waals surface area contributed by atoms with Crippen molar-refractivity contribution < 1.29 is 37.3 Å². The number of rotatable bonds is 11. The predicted octanol–water partition coefficient (Wildman–Crippen LogP) is 2.53. The molecule has 118 valence electrons. The number of hydrogen-bond donors (Lipinski definition) is 1. The first-order chi connectivity index (χ1) is 9.34. The van der Waals surface area contributed by atoms with Crippen molar-refractivity contribution in [3.8, 4) is 0 Å². The van der Waals surface area contributed by atoms with E-state index in [2.05, 4.69) is 4.74 Å². The van der Waals surface area contributed by atoms with Gasteiger partial charge in [0.2, 0.25) is 0 Å². The van der Waals surface area contributed by atoms with Crippen molar-refractivity contribution in [1.29, 1.82) is 0 Å². The van der Waals surface area contributed by atoms with Crippen molar-refractivity contribution in [1.82, 2.24) is 0 Å². The van der Waals surface area contributed by atoms with E-state index in [1.54, 1.807) is 0 Å². The van der Waals surface area contributed by atoms with Crippen molar-refractivity contribution >= 4 is 11.9 Å². The number of carbonyl (C=O) groups excluding carboxylic acids is 1. The highest BCUT2D eigenvalue weighted by Gasteiger charge is 2.40. The van der Waals surface area contributed by atoms with Gasteiger partial charge >= 0.3 is 18.1 Å². The second-order valence-electron chi connectivity index (χ2n) is 4.16. The summed E-state index contributed by atoms with van der Waals surface area (Å²) in [6, 6.07) is 0. The zero-order valence-electron chi connectivity index (χ0n) is 11.1. The number of alkyl halides is 3. The van der Waals surface area contributed by atoms with Crippen LogP contribution in [0, 0.1) is 0 Å². The number of esters is 1. The fourth-order valence-corrected chi connectivity index (χ4v) is 1.34. The van der Waals surface area contributed by atoms with Gasteiger partial charge in [-0.2, -0.15) is 13.2 Å². The Bertz CT molecular complexity index is 291. The van der Waals surface area contributed by atoms with E-state index in [1.807, 2.05) is 0 Å². The van der Waals surface area contributed by atoms with Crippen LogP contribution in [0.4, 0.5) is 13.2 Å². The van der Waals surface area contributed by atoms with E-state index >= 15 is 0 Å². The molecular weight excluding hydrogens is 281 g/mol. The molecule has 0 atom stereocenters. The molecule has 0 aromatic heterocycles. The number of halogens is 3. The van der Waals surface area contributed by atoms with Gasteiger partial charge in [0.15, 0.2) is 0 Å². The first-order valence-corrected chi connectivity index (χ1v) is 6.37. The monoisotopic (exact) mass is 300 g/mol. The fourth-order valence-electron chi connectivity index (χ4n) is 1.34. The highest BCUT2D eigenvalue weighted by atomic mass is 19.4. The van der Waals surface area contributed by atoms with E-state index in [0.29, 0.717) is 19.4 Å². The van der Waals surface area contributed by atoms with Gasteiger partial charge in [-0.3, -0.25) is 4.79 Å². The average molecular weight is 300 g/mol. The minimum absolute atomic E-state index is 0.0232. The van der Waals surface area contributed by atoms with Gasteiger partial charge in [0.25, 0.3) is 0 Å². The van der Waals surface area contributed by atoms with Crippen molar-refractivity contribution in [2.75, 3.05) is 19.8 Å². The number of unbranched alkanes of at least 4 members (excludes halogenated alkanes) is 4. The smallest absolute Gasteiger partial charge is 0.481 e. The molecule has 0 radical (unpaired) electrons. The molecule has 0 bridgehead atoms. The SMILES string of the molecule is O=C(O)CCOCCCCCCCOC(=O)C(F)(F)F. The summed E-state index contributed by atoms with van der Waals surface area (Å²) in [7, 11) is 0. The van der Waals surface area contributed by atoms with Crippen molar-refractivity contribution in [3.63, 3.8) is 0 Å². The van der Waals surface area contributed by atoms with Gasteiger partial charge < -0.3 is 14.6 Å².